The Kier molecular flexibility index (Phi) is 5.15. The van der Waals surface area contributed by atoms with Crippen LogP contribution in [0, 0.1) is 5.92 Å². The molecule has 110 valence electrons. The third-order valence-electron chi connectivity index (χ3n) is 3.67. The first-order chi connectivity index (χ1) is 9.61. The first-order valence-electron chi connectivity index (χ1n) is 7.29. The Morgan fingerprint density at radius 1 is 1.40 bits per heavy atom. The van der Waals surface area contributed by atoms with E-state index in [2.05, 4.69) is 13.8 Å². The second-order valence-electron chi connectivity index (χ2n) is 5.76. The lowest BCUT2D eigenvalue weighted by Gasteiger charge is -2.36. The Hall–Kier alpha value is -1.39. The average Bonchev–Trinajstić information content (AvgIpc) is 2.46. The number of rotatable bonds is 4. The van der Waals surface area contributed by atoms with Gasteiger partial charge in [0, 0.05) is 18.7 Å². The molecule has 0 saturated carbocycles. The second kappa shape index (κ2) is 6.86. The Bertz CT molecular complexity index is 442. The van der Waals surface area contributed by atoms with Crippen molar-refractivity contribution in [3.8, 4) is 0 Å². The minimum absolute atomic E-state index is 0.0996. The van der Waals surface area contributed by atoms with Crippen LogP contribution in [-0.4, -0.2) is 36.6 Å². The monoisotopic (exact) mass is 276 g/mol. The molecule has 1 amide bonds. The highest BCUT2D eigenvalue weighted by atomic mass is 16.5. The number of nitrogens with two attached hydrogens (primary N) is 1. The summed E-state index contributed by atoms with van der Waals surface area (Å²) in [7, 11) is 0. The zero-order valence-corrected chi connectivity index (χ0v) is 12.3. The summed E-state index contributed by atoms with van der Waals surface area (Å²) < 4.78 is 5.53. The van der Waals surface area contributed by atoms with Gasteiger partial charge in [-0.15, -0.1) is 0 Å². The Balaban J connectivity index is 2.11. The maximum atomic E-state index is 12.6. The highest BCUT2D eigenvalue weighted by Crippen LogP contribution is 2.18. The van der Waals surface area contributed by atoms with E-state index in [-0.39, 0.29) is 11.9 Å². The third kappa shape index (κ3) is 3.58. The molecule has 0 spiro atoms. The zero-order valence-electron chi connectivity index (χ0n) is 12.3. The Labute approximate surface area is 120 Å². The second-order valence-corrected chi connectivity index (χ2v) is 5.76. The van der Waals surface area contributed by atoms with E-state index < -0.39 is 0 Å². The molecule has 4 nitrogen and oxygen atoms in total. The minimum atomic E-state index is 0.0996. The van der Waals surface area contributed by atoms with Crippen LogP contribution >= 0.6 is 0 Å². The van der Waals surface area contributed by atoms with Gasteiger partial charge < -0.3 is 15.4 Å². The molecule has 1 aliphatic heterocycles. The van der Waals surface area contributed by atoms with Crippen LogP contribution in [0.2, 0.25) is 0 Å². The first kappa shape index (κ1) is 15.0. The molecule has 4 heteroatoms. The normalized spacial score (nSPS) is 19.4. The van der Waals surface area contributed by atoms with Crippen molar-refractivity contribution >= 4 is 5.91 Å². The van der Waals surface area contributed by atoms with Gasteiger partial charge in [-0.2, -0.15) is 0 Å². The van der Waals surface area contributed by atoms with Crippen LogP contribution in [-0.2, 0) is 11.3 Å². The van der Waals surface area contributed by atoms with Crippen molar-refractivity contribution in [2.24, 2.45) is 11.7 Å². The first-order valence-corrected chi connectivity index (χ1v) is 7.29. The summed E-state index contributed by atoms with van der Waals surface area (Å²) in [6.07, 6.45) is 0.979. The lowest BCUT2D eigenvalue weighted by atomic mass is 10.0. The molecule has 1 aliphatic rings. The summed E-state index contributed by atoms with van der Waals surface area (Å²) in [5.74, 6) is 0.652. The van der Waals surface area contributed by atoms with Crippen molar-refractivity contribution in [2.75, 3.05) is 19.8 Å². The molecule has 1 saturated heterocycles. The van der Waals surface area contributed by atoms with E-state index in [9.17, 15) is 4.79 Å². The van der Waals surface area contributed by atoms with Crippen LogP contribution in [0.5, 0.6) is 0 Å². The van der Waals surface area contributed by atoms with Crippen LogP contribution in [0.3, 0.4) is 0 Å². The molecule has 1 heterocycles. The fourth-order valence-electron chi connectivity index (χ4n) is 2.61. The highest BCUT2D eigenvalue weighted by Gasteiger charge is 2.28. The molecule has 0 aromatic heterocycles. The number of benzene rings is 1. The van der Waals surface area contributed by atoms with Crippen molar-refractivity contribution in [1.82, 2.24) is 4.90 Å². The maximum absolute atomic E-state index is 12.6. The van der Waals surface area contributed by atoms with Gasteiger partial charge in [-0.1, -0.05) is 26.0 Å². The van der Waals surface area contributed by atoms with E-state index >= 15 is 0 Å². The van der Waals surface area contributed by atoms with Gasteiger partial charge in [0.05, 0.1) is 19.3 Å². The van der Waals surface area contributed by atoms with E-state index in [0.29, 0.717) is 32.2 Å². The summed E-state index contributed by atoms with van der Waals surface area (Å²) in [6, 6.07) is 7.76. The van der Waals surface area contributed by atoms with Gasteiger partial charge in [0.15, 0.2) is 0 Å². The number of ether oxygens (including phenoxy) is 1. The van der Waals surface area contributed by atoms with Crippen LogP contribution in [0.4, 0.5) is 0 Å². The van der Waals surface area contributed by atoms with Crippen molar-refractivity contribution in [3.63, 3.8) is 0 Å². The molecule has 0 unspecified atom stereocenters. The van der Waals surface area contributed by atoms with Gasteiger partial charge in [-0.3, -0.25) is 4.79 Å². The van der Waals surface area contributed by atoms with Crippen LogP contribution in [0.15, 0.2) is 24.3 Å². The summed E-state index contributed by atoms with van der Waals surface area (Å²) in [6.45, 7) is 6.80. The smallest absolute Gasteiger partial charge is 0.254 e. The van der Waals surface area contributed by atoms with Gasteiger partial charge >= 0.3 is 0 Å². The van der Waals surface area contributed by atoms with Crippen molar-refractivity contribution < 1.29 is 9.53 Å². The fraction of sp³-hybridized carbons (Fsp3) is 0.562. The Morgan fingerprint density at radius 3 is 2.70 bits per heavy atom. The molecule has 20 heavy (non-hydrogen) atoms. The van der Waals surface area contributed by atoms with E-state index in [0.717, 1.165) is 17.5 Å². The lowest BCUT2D eigenvalue weighted by molar-refractivity contribution is -0.00746. The largest absolute Gasteiger partial charge is 0.377 e. The quantitative estimate of drug-likeness (QED) is 0.915. The summed E-state index contributed by atoms with van der Waals surface area (Å²) >= 11 is 0. The molecule has 0 bridgehead atoms. The highest BCUT2D eigenvalue weighted by molar-refractivity contribution is 5.94. The maximum Gasteiger partial charge on any atom is 0.254 e. The van der Waals surface area contributed by atoms with E-state index in [1.165, 1.54) is 0 Å². The lowest BCUT2D eigenvalue weighted by Crippen LogP contribution is -2.49. The molecule has 1 aromatic carbocycles. The molecule has 0 aliphatic carbocycles. The molecular formula is C16H24N2O2. The summed E-state index contributed by atoms with van der Waals surface area (Å²) in [5, 5.41) is 0. The molecule has 0 radical (unpaired) electrons. The summed E-state index contributed by atoms with van der Waals surface area (Å²) in [4.78, 5) is 14.6. The fourth-order valence-corrected chi connectivity index (χ4v) is 2.61. The average molecular weight is 276 g/mol. The van der Waals surface area contributed by atoms with Gasteiger partial charge in [-0.05, 0) is 30.0 Å². The molecular weight excluding hydrogens is 252 g/mol. The summed E-state index contributed by atoms with van der Waals surface area (Å²) in [5.41, 5.74) is 7.36. The SMILES string of the molecule is CC(C)C[C@@H]1COCCN1C(=O)c1ccc(CN)cc1. The van der Waals surface area contributed by atoms with Crippen LogP contribution in [0.1, 0.15) is 36.2 Å². The molecule has 1 fully saturated rings. The molecule has 2 N–H and O–H groups in total. The van der Waals surface area contributed by atoms with E-state index in [4.69, 9.17) is 10.5 Å². The number of carbonyl (C=O) groups excluding carboxylic acids is 1. The zero-order chi connectivity index (χ0) is 14.5. The van der Waals surface area contributed by atoms with E-state index in [1.54, 1.807) is 0 Å². The Morgan fingerprint density at radius 2 is 2.10 bits per heavy atom. The number of hydrogen-bond acceptors (Lipinski definition) is 3. The van der Waals surface area contributed by atoms with Crippen LogP contribution < -0.4 is 5.73 Å². The number of carbonyl (C=O) groups is 1. The van der Waals surface area contributed by atoms with Crippen molar-refractivity contribution in [1.29, 1.82) is 0 Å². The van der Waals surface area contributed by atoms with Crippen LogP contribution in [0.25, 0.3) is 0 Å². The van der Waals surface area contributed by atoms with Gasteiger partial charge in [0.1, 0.15) is 0 Å². The predicted molar refractivity (Wildman–Crippen MR) is 79.4 cm³/mol. The number of hydrogen-bond donors (Lipinski definition) is 1. The molecule has 1 aromatic rings. The van der Waals surface area contributed by atoms with Crippen molar-refractivity contribution in [3.05, 3.63) is 35.4 Å². The number of morpholine rings is 1. The topological polar surface area (TPSA) is 55.6 Å². The predicted octanol–water partition coefficient (Wildman–Crippen LogP) is 2.03. The van der Waals surface area contributed by atoms with E-state index in [1.807, 2.05) is 29.2 Å². The number of nitrogens with zero attached hydrogens (tertiary/aromatic N) is 1. The third-order valence-corrected chi connectivity index (χ3v) is 3.67. The standard InChI is InChI=1S/C16H24N2O2/c1-12(2)9-15-11-20-8-7-18(15)16(19)14-5-3-13(10-17)4-6-14/h3-6,12,15H,7-11,17H2,1-2H3/t15-/m1/s1. The van der Waals surface area contributed by atoms with Gasteiger partial charge in [0.2, 0.25) is 0 Å². The minimum Gasteiger partial charge on any atom is -0.377 e. The number of amides is 1. The van der Waals surface area contributed by atoms with Crippen molar-refractivity contribution in [2.45, 2.75) is 32.9 Å². The van der Waals surface area contributed by atoms with Gasteiger partial charge in [-0.25, -0.2) is 0 Å². The van der Waals surface area contributed by atoms with Gasteiger partial charge in [0.25, 0.3) is 5.91 Å². The molecule has 1 atom stereocenters. The molecule has 2 rings (SSSR count).